The van der Waals surface area contributed by atoms with Crippen LogP contribution in [0.3, 0.4) is 0 Å². The van der Waals surface area contributed by atoms with Crippen LogP contribution in [0, 0.1) is 5.92 Å². The number of para-hydroxylation sites is 1. The molecule has 0 saturated carbocycles. The summed E-state index contributed by atoms with van der Waals surface area (Å²) in [6.45, 7) is 2.23. The summed E-state index contributed by atoms with van der Waals surface area (Å²) in [4.78, 5) is 149. The van der Waals surface area contributed by atoms with E-state index in [1.165, 1.54) is 0 Å². The lowest BCUT2D eigenvalue weighted by Gasteiger charge is -2.30. The van der Waals surface area contributed by atoms with E-state index in [-0.39, 0.29) is 51.0 Å². The van der Waals surface area contributed by atoms with Crippen molar-refractivity contribution in [1.29, 1.82) is 0 Å². The molecule has 0 bridgehead atoms. The number of primary amides is 3. The van der Waals surface area contributed by atoms with Gasteiger partial charge in [0.05, 0.1) is 19.4 Å². The zero-order valence-corrected chi connectivity index (χ0v) is 38.7. The zero-order valence-electron chi connectivity index (χ0n) is 38.7. The van der Waals surface area contributed by atoms with E-state index in [2.05, 4.69) is 42.2 Å². The van der Waals surface area contributed by atoms with Gasteiger partial charge in [0.1, 0.15) is 48.3 Å². The van der Waals surface area contributed by atoms with Gasteiger partial charge in [-0.2, -0.15) is 0 Å². The van der Waals surface area contributed by atoms with Gasteiger partial charge in [0.15, 0.2) is 0 Å². The zero-order chi connectivity index (χ0) is 51.2. The van der Waals surface area contributed by atoms with Gasteiger partial charge >= 0.3 is 0 Å². The van der Waals surface area contributed by atoms with Gasteiger partial charge in [-0.3, -0.25) is 52.7 Å². The second kappa shape index (κ2) is 24.4. The highest BCUT2D eigenvalue weighted by Crippen LogP contribution is 2.21. The fraction of sp³-hybridized carbons (Fsp3) is 0.457. The van der Waals surface area contributed by atoms with Crippen LogP contribution in [0.25, 0.3) is 10.9 Å². The molecule has 24 heteroatoms. The number of nitrogens with two attached hydrogens (primary N) is 3. The highest BCUT2D eigenvalue weighted by atomic mass is 16.3. The van der Waals surface area contributed by atoms with Crippen molar-refractivity contribution in [2.45, 2.75) is 114 Å². The molecule has 5 rings (SSSR count). The van der Waals surface area contributed by atoms with E-state index < -0.39 is 133 Å². The number of amides is 11. The summed E-state index contributed by atoms with van der Waals surface area (Å²) in [7, 11) is 0. The number of benzene rings is 2. The number of hydrogen-bond donors (Lipinski definition) is 12. The van der Waals surface area contributed by atoms with Crippen molar-refractivity contribution in [1.82, 2.24) is 47.1 Å². The van der Waals surface area contributed by atoms with Crippen LogP contribution in [0.5, 0.6) is 0 Å². The van der Waals surface area contributed by atoms with E-state index in [1.807, 2.05) is 18.2 Å². The van der Waals surface area contributed by atoms with Crippen molar-refractivity contribution in [3.05, 3.63) is 71.9 Å². The lowest BCUT2D eigenvalue weighted by molar-refractivity contribution is -0.143. The molecule has 376 valence electrons. The van der Waals surface area contributed by atoms with Gasteiger partial charge in [-0.15, -0.1) is 0 Å². The van der Waals surface area contributed by atoms with E-state index >= 15 is 0 Å². The monoisotopic (exact) mass is 972 g/mol. The third-order valence-electron chi connectivity index (χ3n) is 11.9. The second-order valence-electron chi connectivity index (χ2n) is 17.6. The van der Waals surface area contributed by atoms with Crippen LogP contribution < -0.4 is 54.4 Å². The Bertz CT molecular complexity index is 2460. The fourth-order valence-electron chi connectivity index (χ4n) is 8.26. The van der Waals surface area contributed by atoms with Gasteiger partial charge in [-0.05, 0) is 42.4 Å². The Morgan fingerprint density at radius 3 is 1.87 bits per heavy atom. The van der Waals surface area contributed by atoms with Crippen molar-refractivity contribution in [3.8, 4) is 0 Å². The van der Waals surface area contributed by atoms with Crippen LogP contribution in [0.1, 0.15) is 63.5 Å². The number of hydrogen-bond acceptors (Lipinski definition) is 12. The number of rotatable bonds is 24. The molecule has 1 aromatic heterocycles. The SMILES string of the molecule is CC(C)[C@H](NC(=O)[C@@H]1CCC(=O)N1)C(=O)N[C@@H](CC(N)=O)C(=O)N[C@@H](Cc1ccccc1)C(=O)N[C@@H](CO)C(=O)N1CCC[C@H]1C(=O)N[C@@H](CC(N)=O)C(=O)N[C@@H](Cc1c[nH]c2ccccc12)C(N)=O. The lowest BCUT2D eigenvalue weighted by Crippen LogP contribution is -2.61. The first-order valence-corrected chi connectivity index (χ1v) is 22.7. The van der Waals surface area contributed by atoms with Crippen molar-refractivity contribution in [3.63, 3.8) is 0 Å². The molecule has 2 aliphatic heterocycles. The highest BCUT2D eigenvalue weighted by Gasteiger charge is 2.41. The predicted molar refractivity (Wildman–Crippen MR) is 248 cm³/mol. The number of aromatic amines is 1. The van der Waals surface area contributed by atoms with Crippen molar-refractivity contribution in [2.24, 2.45) is 23.1 Å². The van der Waals surface area contributed by atoms with E-state index in [9.17, 15) is 57.8 Å². The molecule has 0 unspecified atom stereocenters. The number of aliphatic hydroxyl groups excluding tert-OH is 1. The largest absolute Gasteiger partial charge is 0.394 e. The molecule has 2 saturated heterocycles. The number of carbonyl (C=O) groups is 11. The Morgan fingerprint density at radius 2 is 1.27 bits per heavy atom. The molecule has 15 N–H and O–H groups in total. The molecule has 2 aromatic carbocycles. The minimum absolute atomic E-state index is 0.0316. The molecule has 2 aliphatic rings. The van der Waals surface area contributed by atoms with E-state index in [4.69, 9.17) is 17.2 Å². The van der Waals surface area contributed by atoms with Crippen LogP contribution in [-0.2, 0) is 65.6 Å². The van der Waals surface area contributed by atoms with Gasteiger partial charge in [0.25, 0.3) is 0 Å². The van der Waals surface area contributed by atoms with Crippen LogP contribution in [0.2, 0.25) is 0 Å². The molecule has 11 amide bonds. The molecule has 8 atom stereocenters. The number of aliphatic hydroxyl groups is 1. The molecule has 0 radical (unpaired) electrons. The Hall–Kier alpha value is -7.89. The Morgan fingerprint density at radius 1 is 0.686 bits per heavy atom. The average Bonchev–Trinajstić information content (AvgIpc) is 4.09. The minimum Gasteiger partial charge on any atom is -0.394 e. The summed E-state index contributed by atoms with van der Waals surface area (Å²) in [5.74, 6) is -10.0. The van der Waals surface area contributed by atoms with Crippen LogP contribution in [-0.4, -0.2) is 141 Å². The molecule has 3 heterocycles. The van der Waals surface area contributed by atoms with E-state index in [0.29, 0.717) is 11.1 Å². The highest BCUT2D eigenvalue weighted by molar-refractivity contribution is 6.00. The topological polar surface area (TPSA) is 389 Å². The summed E-state index contributed by atoms with van der Waals surface area (Å²) >= 11 is 0. The fourth-order valence-corrected chi connectivity index (χ4v) is 8.26. The molecule has 70 heavy (non-hydrogen) atoms. The molecular weight excluding hydrogens is 913 g/mol. The smallest absolute Gasteiger partial charge is 0.248 e. The number of carbonyl (C=O) groups excluding carboxylic acids is 11. The second-order valence-corrected chi connectivity index (χ2v) is 17.6. The molecule has 0 spiro atoms. The van der Waals surface area contributed by atoms with E-state index in [1.54, 1.807) is 56.4 Å². The van der Waals surface area contributed by atoms with Gasteiger partial charge < -0.3 is 69.4 Å². The molecule has 2 fully saturated rings. The van der Waals surface area contributed by atoms with Gasteiger partial charge in [0.2, 0.25) is 65.0 Å². The summed E-state index contributed by atoms with van der Waals surface area (Å²) < 4.78 is 0. The Kier molecular flexibility index (Phi) is 18.5. The molecule has 24 nitrogen and oxygen atoms in total. The van der Waals surface area contributed by atoms with Crippen molar-refractivity contribution < 1.29 is 57.8 Å². The maximum absolute atomic E-state index is 14.1. The van der Waals surface area contributed by atoms with Crippen LogP contribution >= 0.6 is 0 Å². The Labute approximate surface area is 401 Å². The van der Waals surface area contributed by atoms with Crippen molar-refractivity contribution >= 4 is 75.9 Å². The summed E-state index contributed by atoms with van der Waals surface area (Å²) in [5, 5.41) is 28.6. The number of fused-ring (bicyclic) bond motifs is 1. The summed E-state index contributed by atoms with van der Waals surface area (Å²) in [6, 6.07) is 4.42. The van der Waals surface area contributed by atoms with Gasteiger partial charge in [0, 0.05) is 42.9 Å². The van der Waals surface area contributed by atoms with Gasteiger partial charge in [-0.1, -0.05) is 62.4 Å². The Balaban J connectivity index is 1.28. The third-order valence-corrected chi connectivity index (χ3v) is 11.9. The normalized spacial score (nSPS) is 18.0. The summed E-state index contributed by atoms with van der Waals surface area (Å²) in [5.41, 5.74) is 18.5. The minimum atomic E-state index is -1.69. The third kappa shape index (κ3) is 14.3. The first-order valence-electron chi connectivity index (χ1n) is 22.7. The van der Waals surface area contributed by atoms with Crippen LogP contribution in [0.4, 0.5) is 0 Å². The molecule has 3 aromatic rings. The molecule has 0 aliphatic carbocycles. The number of nitrogens with one attached hydrogen (secondary N) is 8. The summed E-state index contributed by atoms with van der Waals surface area (Å²) in [6.07, 6.45) is 0.665. The first kappa shape index (κ1) is 53.1. The molecular formula is C46H60N12O12. The number of nitrogens with zero attached hydrogens (tertiary/aromatic N) is 1. The van der Waals surface area contributed by atoms with Gasteiger partial charge in [-0.25, -0.2) is 0 Å². The number of H-pyrrole nitrogens is 1. The van der Waals surface area contributed by atoms with E-state index in [0.717, 1.165) is 15.8 Å². The predicted octanol–water partition coefficient (Wildman–Crippen LogP) is -3.98. The maximum Gasteiger partial charge on any atom is 0.248 e. The number of aromatic nitrogens is 1. The lowest BCUT2D eigenvalue weighted by atomic mass is 10.0. The average molecular weight is 973 g/mol. The quantitative estimate of drug-likeness (QED) is 0.0409. The van der Waals surface area contributed by atoms with Crippen LogP contribution in [0.15, 0.2) is 60.8 Å². The first-order chi connectivity index (χ1) is 33.3. The van der Waals surface area contributed by atoms with Crippen molar-refractivity contribution in [2.75, 3.05) is 13.2 Å². The standard InChI is InChI=1S/C46H60N12O12/c1-23(2)38(57-40(64)28-14-15-37(62)51-28)45(69)55-32(20-36(48)61)43(67)53-30(17-24-9-4-3-5-10-24)41(65)56-33(22-59)46(70)58-16-8-13-34(58)44(68)54-31(19-35(47)60)42(66)52-29(39(49)63)18-25-21-50-27-12-7-6-11-26(25)27/h3-7,9-12,21,23,28-34,38,50,59H,8,13-20,22H2,1-2H3,(H2,47,60)(H2,48,61)(H2,49,63)(H,51,62)(H,52,66)(H,53,67)(H,54,68)(H,55,69)(H,56,65)(H,57,64)/t28-,29-,30-,31-,32-,33-,34-,38-/m0/s1. The number of likely N-dealkylation sites (tertiary alicyclic amines) is 1. The maximum atomic E-state index is 14.1.